The third-order valence-corrected chi connectivity index (χ3v) is 3.90. The fraction of sp³-hybridized carbons (Fsp3) is 0.462. The van der Waals surface area contributed by atoms with Crippen molar-refractivity contribution in [3.05, 3.63) is 28.5 Å². The number of carbonyl (C=O) groups is 1. The second-order valence-corrected chi connectivity index (χ2v) is 5.49. The summed E-state index contributed by atoms with van der Waals surface area (Å²) in [5.74, 6) is -0.358. The molecule has 1 saturated heterocycles. The molecule has 1 aliphatic heterocycles. The fourth-order valence-electron chi connectivity index (χ4n) is 2.00. The fourth-order valence-corrected chi connectivity index (χ4v) is 2.48. The van der Waals surface area contributed by atoms with Crippen molar-refractivity contribution in [2.75, 3.05) is 45.1 Å². The molecule has 0 unspecified atom stereocenters. The summed E-state index contributed by atoms with van der Waals surface area (Å²) in [6, 6.07) is 4.73. The summed E-state index contributed by atoms with van der Waals surface area (Å²) in [7, 11) is 2.04. The van der Waals surface area contributed by atoms with E-state index in [-0.39, 0.29) is 18.3 Å². The number of carbonyl (C=O) groups excluding carboxylic acids is 1. The first-order valence-electron chi connectivity index (χ1n) is 6.22. The molecule has 1 aliphatic rings. The first-order valence-corrected chi connectivity index (χ1v) is 7.01. The molecule has 0 aromatic heterocycles. The monoisotopic (exact) mass is 329 g/mol. The van der Waals surface area contributed by atoms with Gasteiger partial charge in [-0.3, -0.25) is 4.79 Å². The zero-order valence-electron chi connectivity index (χ0n) is 10.8. The van der Waals surface area contributed by atoms with E-state index in [1.807, 2.05) is 11.9 Å². The molecule has 1 aromatic carbocycles. The Morgan fingerprint density at radius 2 is 2.05 bits per heavy atom. The Kier molecular flexibility index (Phi) is 4.76. The molecule has 1 N–H and O–H groups in total. The molecule has 104 valence electrons. The summed E-state index contributed by atoms with van der Waals surface area (Å²) >= 11 is 3.27. The number of hydrogen-bond donors (Lipinski definition) is 1. The molecule has 1 aromatic rings. The Labute approximate surface area is 120 Å². The van der Waals surface area contributed by atoms with Gasteiger partial charge in [0.05, 0.1) is 12.2 Å². The molecule has 0 bridgehead atoms. The number of nitrogens with zero attached hydrogens (tertiary/aromatic N) is 2. The standard InChI is InChI=1S/C13H17BrFN3O/c1-17-5-7-18(8-6-17)12(19)9-16-13-10(14)3-2-4-11(13)15/h2-4,16H,5-9H2,1H3. The van der Waals surface area contributed by atoms with E-state index in [1.54, 1.807) is 12.1 Å². The average Bonchev–Trinajstić information content (AvgIpc) is 2.38. The summed E-state index contributed by atoms with van der Waals surface area (Å²) in [6.45, 7) is 3.35. The summed E-state index contributed by atoms with van der Waals surface area (Å²) in [6.07, 6.45) is 0. The maximum Gasteiger partial charge on any atom is 0.241 e. The molecule has 19 heavy (non-hydrogen) atoms. The third kappa shape index (κ3) is 3.67. The molecule has 1 amide bonds. The lowest BCUT2D eigenvalue weighted by Gasteiger charge is -2.32. The van der Waals surface area contributed by atoms with E-state index in [1.165, 1.54) is 6.07 Å². The summed E-state index contributed by atoms with van der Waals surface area (Å²) in [4.78, 5) is 16.0. The maximum atomic E-state index is 13.6. The molecule has 1 fully saturated rings. The maximum absolute atomic E-state index is 13.6. The van der Waals surface area contributed by atoms with Crippen LogP contribution in [-0.2, 0) is 4.79 Å². The highest BCUT2D eigenvalue weighted by Crippen LogP contribution is 2.24. The lowest BCUT2D eigenvalue weighted by molar-refractivity contribution is -0.130. The van der Waals surface area contributed by atoms with Gasteiger partial charge in [0.25, 0.3) is 0 Å². The predicted octanol–water partition coefficient (Wildman–Crippen LogP) is 1.77. The number of para-hydroxylation sites is 1. The molecule has 0 spiro atoms. The number of rotatable bonds is 3. The molecule has 2 rings (SSSR count). The van der Waals surface area contributed by atoms with Gasteiger partial charge in [0, 0.05) is 30.7 Å². The minimum Gasteiger partial charge on any atom is -0.373 e. The highest BCUT2D eigenvalue weighted by molar-refractivity contribution is 9.10. The van der Waals surface area contributed by atoms with Crippen LogP contribution in [0.25, 0.3) is 0 Å². The molecule has 6 heteroatoms. The normalized spacial score (nSPS) is 16.5. The van der Waals surface area contributed by atoms with Gasteiger partial charge in [-0.15, -0.1) is 0 Å². The Hall–Kier alpha value is -1.14. The third-order valence-electron chi connectivity index (χ3n) is 3.24. The van der Waals surface area contributed by atoms with Gasteiger partial charge in [-0.05, 0) is 35.1 Å². The van der Waals surface area contributed by atoms with E-state index >= 15 is 0 Å². The lowest BCUT2D eigenvalue weighted by Crippen LogP contribution is -2.48. The second-order valence-electron chi connectivity index (χ2n) is 4.63. The van der Waals surface area contributed by atoms with E-state index in [9.17, 15) is 9.18 Å². The highest BCUT2D eigenvalue weighted by Gasteiger charge is 2.19. The minimum atomic E-state index is -0.361. The van der Waals surface area contributed by atoms with Crippen LogP contribution in [0.1, 0.15) is 0 Å². The van der Waals surface area contributed by atoms with Crippen molar-refractivity contribution in [3.63, 3.8) is 0 Å². The molecule has 0 saturated carbocycles. The minimum absolute atomic E-state index is 0.00301. The van der Waals surface area contributed by atoms with Crippen LogP contribution in [0, 0.1) is 5.82 Å². The van der Waals surface area contributed by atoms with Gasteiger partial charge in [0.15, 0.2) is 0 Å². The number of piperazine rings is 1. The molecule has 0 aliphatic carbocycles. The summed E-state index contributed by atoms with van der Waals surface area (Å²) in [5, 5.41) is 2.86. The SMILES string of the molecule is CN1CCN(C(=O)CNc2c(F)cccc2Br)CC1. The zero-order chi connectivity index (χ0) is 13.8. The number of halogens is 2. The highest BCUT2D eigenvalue weighted by atomic mass is 79.9. The second kappa shape index (κ2) is 6.34. The Morgan fingerprint density at radius 1 is 1.37 bits per heavy atom. The molecule has 0 atom stereocenters. The average molecular weight is 330 g/mol. The molecule has 4 nitrogen and oxygen atoms in total. The Bertz CT molecular complexity index is 441. The van der Waals surface area contributed by atoms with Gasteiger partial charge >= 0.3 is 0 Å². The van der Waals surface area contributed by atoms with E-state index in [0.717, 1.165) is 26.2 Å². The molecule has 1 heterocycles. The van der Waals surface area contributed by atoms with Crippen molar-refractivity contribution in [1.82, 2.24) is 9.80 Å². The van der Waals surface area contributed by atoms with Crippen molar-refractivity contribution in [2.24, 2.45) is 0 Å². The lowest BCUT2D eigenvalue weighted by atomic mass is 10.3. The van der Waals surface area contributed by atoms with Crippen LogP contribution in [-0.4, -0.2) is 55.5 Å². The van der Waals surface area contributed by atoms with Crippen molar-refractivity contribution < 1.29 is 9.18 Å². The first-order chi connectivity index (χ1) is 9.08. The number of anilines is 1. The van der Waals surface area contributed by atoms with Gasteiger partial charge < -0.3 is 15.1 Å². The number of nitrogens with one attached hydrogen (secondary N) is 1. The number of benzene rings is 1. The van der Waals surface area contributed by atoms with Crippen LogP contribution in [0.15, 0.2) is 22.7 Å². The van der Waals surface area contributed by atoms with Gasteiger partial charge in [0.1, 0.15) is 5.82 Å². The molecular formula is C13H17BrFN3O. The first kappa shape index (κ1) is 14.3. The van der Waals surface area contributed by atoms with Crippen molar-refractivity contribution in [1.29, 1.82) is 0 Å². The van der Waals surface area contributed by atoms with Crippen LogP contribution < -0.4 is 5.32 Å². The number of likely N-dealkylation sites (N-methyl/N-ethyl adjacent to an activating group) is 1. The van der Waals surface area contributed by atoms with Crippen LogP contribution in [0.4, 0.5) is 10.1 Å². The van der Waals surface area contributed by atoms with Crippen LogP contribution in [0.2, 0.25) is 0 Å². The number of amides is 1. The smallest absolute Gasteiger partial charge is 0.241 e. The largest absolute Gasteiger partial charge is 0.373 e. The Morgan fingerprint density at radius 3 is 2.68 bits per heavy atom. The van der Waals surface area contributed by atoms with Crippen molar-refractivity contribution >= 4 is 27.5 Å². The van der Waals surface area contributed by atoms with Crippen LogP contribution in [0.5, 0.6) is 0 Å². The Balaban J connectivity index is 1.90. The quantitative estimate of drug-likeness (QED) is 0.918. The van der Waals surface area contributed by atoms with Gasteiger partial charge in [-0.25, -0.2) is 4.39 Å². The van der Waals surface area contributed by atoms with E-state index in [4.69, 9.17) is 0 Å². The van der Waals surface area contributed by atoms with Gasteiger partial charge in [0.2, 0.25) is 5.91 Å². The summed E-state index contributed by atoms with van der Waals surface area (Å²) in [5.41, 5.74) is 0.338. The topological polar surface area (TPSA) is 35.6 Å². The van der Waals surface area contributed by atoms with E-state index in [0.29, 0.717) is 10.2 Å². The van der Waals surface area contributed by atoms with Gasteiger partial charge in [-0.1, -0.05) is 6.07 Å². The van der Waals surface area contributed by atoms with E-state index in [2.05, 4.69) is 26.1 Å². The van der Waals surface area contributed by atoms with Crippen LogP contribution >= 0.6 is 15.9 Å². The molecule has 0 radical (unpaired) electrons. The van der Waals surface area contributed by atoms with Crippen molar-refractivity contribution in [2.45, 2.75) is 0 Å². The van der Waals surface area contributed by atoms with E-state index < -0.39 is 0 Å². The van der Waals surface area contributed by atoms with Gasteiger partial charge in [-0.2, -0.15) is 0 Å². The molecular weight excluding hydrogens is 313 g/mol. The number of hydrogen-bond acceptors (Lipinski definition) is 3. The zero-order valence-corrected chi connectivity index (χ0v) is 12.4. The van der Waals surface area contributed by atoms with Crippen LogP contribution in [0.3, 0.4) is 0 Å². The van der Waals surface area contributed by atoms with Crippen molar-refractivity contribution in [3.8, 4) is 0 Å². The predicted molar refractivity (Wildman–Crippen MR) is 76.7 cm³/mol. The summed E-state index contributed by atoms with van der Waals surface area (Å²) < 4.78 is 14.2.